The number of carbonyl (C=O) groups excluding carboxylic acids is 1. The van der Waals surface area contributed by atoms with Crippen LogP contribution in [0.3, 0.4) is 0 Å². The van der Waals surface area contributed by atoms with Crippen LogP contribution >= 0.6 is 11.3 Å². The Morgan fingerprint density at radius 2 is 1.67 bits per heavy atom. The molecular weight excluding hydrogens is 362 g/mol. The Kier molecular flexibility index (Phi) is 4.41. The lowest BCUT2D eigenvalue weighted by Gasteiger charge is -2.09. The molecule has 6 heteroatoms. The van der Waals surface area contributed by atoms with Crippen molar-refractivity contribution in [3.05, 3.63) is 53.4 Å². The minimum atomic E-state index is -0.365. The third-order valence-electron chi connectivity index (χ3n) is 4.41. The van der Waals surface area contributed by atoms with Crippen LogP contribution in [0.25, 0.3) is 32.2 Å². The van der Waals surface area contributed by atoms with Gasteiger partial charge in [-0.05, 0) is 17.7 Å². The van der Waals surface area contributed by atoms with Gasteiger partial charge in [0, 0.05) is 22.4 Å². The second kappa shape index (κ2) is 6.89. The first-order valence-corrected chi connectivity index (χ1v) is 9.11. The molecule has 0 aliphatic heterocycles. The number of ether oxygens (including phenoxy) is 3. The van der Waals surface area contributed by atoms with Crippen molar-refractivity contribution in [2.24, 2.45) is 0 Å². The molecule has 0 N–H and O–H groups in total. The van der Waals surface area contributed by atoms with Crippen LogP contribution in [0, 0.1) is 0 Å². The topological polar surface area (TPSA) is 57.7 Å². The molecule has 0 radical (unpaired) electrons. The van der Waals surface area contributed by atoms with Crippen molar-refractivity contribution in [1.82, 2.24) is 4.98 Å². The summed E-state index contributed by atoms with van der Waals surface area (Å²) in [4.78, 5) is 18.5. The quantitative estimate of drug-likeness (QED) is 0.471. The highest BCUT2D eigenvalue weighted by Crippen LogP contribution is 2.41. The van der Waals surface area contributed by atoms with Crippen molar-refractivity contribution >= 4 is 38.4 Å². The number of fused-ring (bicyclic) bond motifs is 2. The highest BCUT2D eigenvalue weighted by molar-refractivity contribution is 7.21. The zero-order valence-corrected chi connectivity index (χ0v) is 15.9. The van der Waals surface area contributed by atoms with E-state index in [0.29, 0.717) is 16.4 Å². The van der Waals surface area contributed by atoms with Crippen LogP contribution in [0.2, 0.25) is 0 Å². The van der Waals surface area contributed by atoms with E-state index in [2.05, 4.69) is 0 Å². The summed E-state index contributed by atoms with van der Waals surface area (Å²) in [5.74, 6) is 0.886. The van der Waals surface area contributed by atoms with Gasteiger partial charge in [-0.25, -0.2) is 9.78 Å². The van der Waals surface area contributed by atoms with E-state index in [-0.39, 0.29) is 5.97 Å². The lowest BCUT2D eigenvalue weighted by Crippen LogP contribution is -1.99. The fourth-order valence-corrected chi connectivity index (χ4v) is 4.24. The van der Waals surface area contributed by atoms with Crippen molar-refractivity contribution in [3.63, 3.8) is 0 Å². The first-order valence-electron chi connectivity index (χ1n) is 8.29. The van der Waals surface area contributed by atoms with Gasteiger partial charge in [0.2, 0.25) is 0 Å². The standard InChI is InChI=1S/C21H17NO4S/c1-24-16-10-13-9-14-18(12-7-5-4-6-8-12)19(21(23)26-3)27-20(14)22-15(13)11-17(16)25-2/h4-11H,1-3H3. The molecule has 0 atom stereocenters. The van der Waals surface area contributed by atoms with Gasteiger partial charge in [-0.2, -0.15) is 0 Å². The molecule has 0 amide bonds. The van der Waals surface area contributed by atoms with Gasteiger partial charge < -0.3 is 14.2 Å². The Hall–Kier alpha value is -3.12. The molecule has 0 saturated carbocycles. The van der Waals surface area contributed by atoms with E-state index in [1.807, 2.05) is 48.5 Å². The average Bonchev–Trinajstić information content (AvgIpc) is 3.09. The van der Waals surface area contributed by atoms with E-state index in [1.54, 1.807) is 14.2 Å². The van der Waals surface area contributed by atoms with Crippen molar-refractivity contribution in [2.45, 2.75) is 0 Å². The number of nitrogens with zero attached hydrogens (tertiary/aromatic N) is 1. The summed E-state index contributed by atoms with van der Waals surface area (Å²) < 4.78 is 15.8. The number of thiophene rings is 1. The monoisotopic (exact) mass is 379 g/mol. The molecule has 136 valence electrons. The Morgan fingerprint density at radius 3 is 2.33 bits per heavy atom. The van der Waals surface area contributed by atoms with Crippen LogP contribution in [-0.2, 0) is 4.74 Å². The Balaban J connectivity index is 2.07. The van der Waals surface area contributed by atoms with E-state index in [1.165, 1.54) is 18.4 Å². The average molecular weight is 379 g/mol. The summed E-state index contributed by atoms with van der Waals surface area (Å²) in [5.41, 5.74) is 2.56. The maximum absolute atomic E-state index is 12.4. The Morgan fingerprint density at radius 1 is 0.963 bits per heavy atom. The Bertz CT molecular complexity index is 1150. The molecule has 0 spiro atoms. The highest BCUT2D eigenvalue weighted by atomic mass is 32.1. The number of rotatable bonds is 4. The van der Waals surface area contributed by atoms with Crippen LogP contribution in [0.4, 0.5) is 0 Å². The number of benzene rings is 2. The lowest BCUT2D eigenvalue weighted by molar-refractivity contribution is 0.0607. The summed E-state index contributed by atoms with van der Waals surface area (Å²) in [7, 11) is 4.59. The largest absolute Gasteiger partial charge is 0.493 e. The fourth-order valence-electron chi connectivity index (χ4n) is 3.14. The zero-order chi connectivity index (χ0) is 19.0. The smallest absolute Gasteiger partial charge is 0.348 e. The molecule has 5 nitrogen and oxygen atoms in total. The lowest BCUT2D eigenvalue weighted by atomic mass is 10.0. The molecule has 0 bridgehead atoms. The van der Waals surface area contributed by atoms with E-state index in [9.17, 15) is 4.79 Å². The van der Waals surface area contributed by atoms with Gasteiger partial charge in [0.05, 0.1) is 26.8 Å². The second-order valence-corrected chi connectivity index (χ2v) is 6.90. The van der Waals surface area contributed by atoms with Crippen LogP contribution in [0.5, 0.6) is 11.5 Å². The Labute approximate surface area is 160 Å². The third-order valence-corrected chi connectivity index (χ3v) is 5.49. The first-order chi connectivity index (χ1) is 13.2. The van der Waals surface area contributed by atoms with Crippen molar-refractivity contribution in [2.75, 3.05) is 21.3 Å². The highest BCUT2D eigenvalue weighted by Gasteiger charge is 2.22. The zero-order valence-electron chi connectivity index (χ0n) is 15.1. The predicted octanol–water partition coefficient (Wildman–Crippen LogP) is 4.92. The molecule has 4 aromatic rings. The molecule has 0 saturated heterocycles. The predicted molar refractivity (Wildman–Crippen MR) is 107 cm³/mol. The van der Waals surface area contributed by atoms with Crippen LogP contribution in [0.1, 0.15) is 9.67 Å². The van der Waals surface area contributed by atoms with Gasteiger partial charge >= 0.3 is 5.97 Å². The summed E-state index contributed by atoms with van der Waals surface area (Å²) >= 11 is 1.33. The van der Waals surface area contributed by atoms with E-state index in [4.69, 9.17) is 19.2 Å². The van der Waals surface area contributed by atoms with Gasteiger partial charge in [0.25, 0.3) is 0 Å². The normalized spacial score (nSPS) is 10.9. The molecule has 2 heterocycles. The van der Waals surface area contributed by atoms with Crippen LogP contribution < -0.4 is 9.47 Å². The number of hydrogen-bond acceptors (Lipinski definition) is 6. The molecule has 2 aromatic carbocycles. The summed E-state index contributed by atoms with van der Waals surface area (Å²) in [6.45, 7) is 0. The summed E-state index contributed by atoms with van der Waals surface area (Å²) in [6, 6.07) is 15.6. The fraction of sp³-hybridized carbons (Fsp3) is 0.143. The van der Waals surface area contributed by atoms with Gasteiger partial charge in [0.15, 0.2) is 11.5 Å². The summed E-state index contributed by atoms with van der Waals surface area (Å²) in [5, 5.41) is 1.82. The number of hydrogen-bond donors (Lipinski definition) is 0. The van der Waals surface area contributed by atoms with Gasteiger partial charge in [-0.15, -0.1) is 11.3 Å². The SMILES string of the molecule is COC(=O)c1sc2nc3cc(OC)c(OC)cc3cc2c1-c1ccccc1. The maximum Gasteiger partial charge on any atom is 0.348 e. The molecule has 0 aliphatic carbocycles. The van der Waals surface area contributed by atoms with Gasteiger partial charge in [-0.3, -0.25) is 0 Å². The van der Waals surface area contributed by atoms with Crippen LogP contribution in [-0.4, -0.2) is 32.3 Å². The maximum atomic E-state index is 12.4. The van der Waals surface area contributed by atoms with E-state index in [0.717, 1.165) is 32.2 Å². The third kappa shape index (κ3) is 2.88. The molecule has 0 aliphatic rings. The number of carbonyl (C=O) groups is 1. The second-order valence-electron chi connectivity index (χ2n) is 5.90. The number of aromatic nitrogens is 1. The molecule has 0 unspecified atom stereocenters. The van der Waals surface area contributed by atoms with Crippen molar-refractivity contribution in [1.29, 1.82) is 0 Å². The number of methoxy groups -OCH3 is 3. The minimum absolute atomic E-state index is 0.365. The van der Waals surface area contributed by atoms with E-state index >= 15 is 0 Å². The molecule has 4 rings (SSSR count). The molecule has 2 aromatic heterocycles. The van der Waals surface area contributed by atoms with Crippen LogP contribution in [0.15, 0.2) is 48.5 Å². The number of esters is 1. The first kappa shape index (κ1) is 17.3. The molecular formula is C21H17NO4S. The van der Waals surface area contributed by atoms with E-state index < -0.39 is 0 Å². The van der Waals surface area contributed by atoms with Crippen molar-refractivity contribution < 1.29 is 19.0 Å². The molecule has 0 fully saturated rings. The van der Waals surface area contributed by atoms with Crippen molar-refractivity contribution in [3.8, 4) is 22.6 Å². The minimum Gasteiger partial charge on any atom is -0.493 e. The molecule has 27 heavy (non-hydrogen) atoms. The summed E-state index contributed by atoms with van der Waals surface area (Å²) in [6.07, 6.45) is 0. The van der Waals surface area contributed by atoms with Gasteiger partial charge in [0.1, 0.15) is 9.71 Å². The van der Waals surface area contributed by atoms with Gasteiger partial charge in [-0.1, -0.05) is 30.3 Å². The number of pyridine rings is 1.